The van der Waals surface area contributed by atoms with Crippen molar-refractivity contribution in [3.8, 4) is 0 Å². The molecule has 1 heterocycles. The molecule has 0 aliphatic carbocycles. The number of amides is 3. The lowest BCUT2D eigenvalue weighted by molar-refractivity contribution is -0.145. The summed E-state index contributed by atoms with van der Waals surface area (Å²) in [5, 5.41) is 5.23. The summed E-state index contributed by atoms with van der Waals surface area (Å²) in [5.74, 6) is -2.91. The molecule has 0 saturated carbocycles. The Bertz CT molecular complexity index is 779. The molecule has 150 valence electrons. The number of amidine groups is 1. The molecule has 1 aromatic rings. The van der Waals surface area contributed by atoms with E-state index in [2.05, 4.69) is 15.6 Å². The third kappa shape index (κ3) is 5.91. The average Bonchev–Trinajstić information content (AvgIpc) is 2.65. The molecule has 0 spiro atoms. The number of ether oxygens (including phenoxy) is 1. The lowest BCUT2D eigenvalue weighted by Gasteiger charge is -2.20. The van der Waals surface area contributed by atoms with Gasteiger partial charge in [0.15, 0.2) is 5.17 Å². The van der Waals surface area contributed by atoms with Crippen molar-refractivity contribution in [2.75, 3.05) is 12.9 Å². The first-order valence-corrected chi connectivity index (χ1v) is 9.78. The Morgan fingerprint density at radius 2 is 1.93 bits per heavy atom. The van der Waals surface area contributed by atoms with Gasteiger partial charge in [0.1, 0.15) is 12.0 Å². The first kappa shape index (κ1) is 21.6. The highest BCUT2D eigenvalue weighted by molar-refractivity contribution is 8.14. The minimum atomic E-state index is -0.992. The Labute approximate surface area is 167 Å². The zero-order valence-corrected chi connectivity index (χ0v) is 16.7. The quantitative estimate of drug-likeness (QED) is 0.521. The molecule has 1 aliphatic heterocycles. The molecule has 0 saturated heterocycles. The van der Waals surface area contributed by atoms with Crippen LogP contribution in [-0.2, 0) is 23.9 Å². The van der Waals surface area contributed by atoms with Gasteiger partial charge in [-0.05, 0) is 17.9 Å². The minimum absolute atomic E-state index is 0.0656. The second kappa shape index (κ2) is 10.0. The van der Waals surface area contributed by atoms with Gasteiger partial charge in [-0.3, -0.25) is 14.4 Å². The predicted molar refractivity (Wildman–Crippen MR) is 106 cm³/mol. The molecule has 2 unspecified atom stereocenters. The molecule has 3 amide bonds. The third-order valence-electron chi connectivity index (χ3n) is 3.95. The molecule has 9 heteroatoms. The Kier molecular flexibility index (Phi) is 7.74. The van der Waals surface area contributed by atoms with Crippen LogP contribution in [0.1, 0.15) is 31.7 Å². The number of rotatable bonds is 7. The molecule has 28 heavy (non-hydrogen) atoms. The van der Waals surface area contributed by atoms with Crippen LogP contribution in [0.3, 0.4) is 0 Å². The van der Waals surface area contributed by atoms with E-state index in [1.807, 2.05) is 13.8 Å². The fourth-order valence-electron chi connectivity index (χ4n) is 2.69. The van der Waals surface area contributed by atoms with Crippen molar-refractivity contribution in [1.82, 2.24) is 10.6 Å². The third-order valence-corrected chi connectivity index (χ3v) is 4.83. The van der Waals surface area contributed by atoms with Gasteiger partial charge in [0.25, 0.3) is 5.91 Å². The Balaban J connectivity index is 1.95. The molecule has 0 aromatic heterocycles. The standard InChI is InChI=1S/C19H23N3O5S/c1-11(2)9-13(18(26)27-3)20-14(23)10-28-19-21-16(24)15(17(25)22-19)12-7-5-4-6-8-12/h4-8,11,13,15H,9-10H2,1-3H3,(H,20,23)(H,21,22,24,25). The van der Waals surface area contributed by atoms with Crippen molar-refractivity contribution in [2.45, 2.75) is 32.2 Å². The number of nitrogens with zero attached hydrogens (tertiary/aromatic N) is 1. The molecule has 2 rings (SSSR count). The van der Waals surface area contributed by atoms with Crippen LogP contribution in [0.25, 0.3) is 0 Å². The minimum Gasteiger partial charge on any atom is -0.467 e. The Hall–Kier alpha value is -2.68. The summed E-state index contributed by atoms with van der Waals surface area (Å²) in [4.78, 5) is 52.4. The van der Waals surface area contributed by atoms with E-state index in [9.17, 15) is 19.2 Å². The van der Waals surface area contributed by atoms with E-state index in [1.54, 1.807) is 30.3 Å². The number of aliphatic imine (C=N–C) groups is 1. The zero-order chi connectivity index (χ0) is 20.7. The second-order valence-corrected chi connectivity index (χ2v) is 7.61. The van der Waals surface area contributed by atoms with Gasteiger partial charge in [0.2, 0.25) is 11.8 Å². The SMILES string of the molecule is COC(=O)C(CC(C)C)NC(=O)CSC1=NC(=O)C(c2ccccc2)C(=O)N1. The number of hydrogen-bond acceptors (Lipinski definition) is 6. The van der Waals surface area contributed by atoms with Gasteiger partial charge in [-0.2, -0.15) is 4.99 Å². The van der Waals surface area contributed by atoms with Gasteiger partial charge < -0.3 is 15.4 Å². The van der Waals surface area contributed by atoms with Gasteiger partial charge in [-0.25, -0.2) is 4.79 Å². The summed E-state index contributed by atoms with van der Waals surface area (Å²) in [6, 6.07) is 7.89. The van der Waals surface area contributed by atoms with Gasteiger partial charge >= 0.3 is 5.97 Å². The van der Waals surface area contributed by atoms with E-state index in [-0.39, 0.29) is 16.8 Å². The number of carbonyl (C=O) groups excluding carboxylic acids is 4. The van der Waals surface area contributed by atoms with E-state index in [1.165, 1.54) is 7.11 Å². The van der Waals surface area contributed by atoms with Crippen LogP contribution in [0.4, 0.5) is 0 Å². The van der Waals surface area contributed by atoms with E-state index in [4.69, 9.17) is 4.74 Å². The van der Waals surface area contributed by atoms with Crippen LogP contribution in [-0.4, -0.2) is 47.8 Å². The molecule has 1 aliphatic rings. The van der Waals surface area contributed by atoms with Crippen LogP contribution in [0.15, 0.2) is 35.3 Å². The number of nitrogens with one attached hydrogen (secondary N) is 2. The molecule has 0 fully saturated rings. The highest BCUT2D eigenvalue weighted by atomic mass is 32.2. The first-order chi connectivity index (χ1) is 13.3. The van der Waals surface area contributed by atoms with Crippen LogP contribution in [0.5, 0.6) is 0 Å². The van der Waals surface area contributed by atoms with Crippen LogP contribution in [0.2, 0.25) is 0 Å². The number of hydrogen-bond donors (Lipinski definition) is 2. The van der Waals surface area contributed by atoms with Gasteiger partial charge in [0.05, 0.1) is 12.9 Å². The lowest BCUT2D eigenvalue weighted by Crippen LogP contribution is -2.44. The van der Waals surface area contributed by atoms with Crippen molar-refractivity contribution in [2.24, 2.45) is 10.9 Å². The molecule has 1 aromatic carbocycles. The molecule has 2 atom stereocenters. The molecular formula is C19H23N3O5S. The maximum absolute atomic E-state index is 12.3. The predicted octanol–water partition coefficient (Wildman–Crippen LogP) is 1.22. The molecule has 0 radical (unpaired) electrons. The summed E-state index contributed by atoms with van der Waals surface area (Å²) in [7, 11) is 1.26. The number of esters is 1. The average molecular weight is 405 g/mol. The topological polar surface area (TPSA) is 114 Å². The highest BCUT2D eigenvalue weighted by Gasteiger charge is 2.33. The molecular weight excluding hydrogens is 382 g/mol. The van der Waals surface area contributed by atoms with E-state index in [0.717, 1.165) is 11.8 Å². The highest BCUT2D eigenvalue weighted by Crippen LogP contribution is 2.22. The summed E-state index contributed by atoms with van der Waals surface area (Å²) in [6.45, 7) is 3.86. The Morgan fingerprint density at radius 3 is 2.50 bits per heavy atom. The summed E-state index contributed by atoms with van der Waals surface area (Å²) >= 11 is 0.923. The number of carbonyl (C=O) groups is 4. The summed E-state index contributed by atoms with van der Waals surface area (Å²) in [6.07, 6.45) is 0.442. The van der Waals surface area contributed by atoms with E-state index < -0.39 is 35.7 Å². The monoisotopic (exact) mass is 405 g/mol. The van der Waals surface area contributed by atoms with E-state index in [0.29, 0.717) is 12.0 Å². The van der Waals surface area contributed by atoms with Gasteiger partial charge in [-0.15, -0.1) is 0 Å². The first-order valence-electron chi connectivity index (χ1n) is 8.80. The van der Waals surface area contributed by atoms with Crippen LogP contribution in [0, 0.1) is 5.92 Å². The summed E-state index contributed by atoms with van der Waals surface area (Å²) < 4.78 is 4.70. The molecule has 0 bridgehead atoms. The van der Waals surface area contributed by atoms with Crippen molar-refractivity contribution >= 4 is 40.6 Å². The normalized spacial score (nSPS) is 17.6. The fraction of sp³-hybridized carbons (Fsp3) is 0.421. The smallest absolute Gasteiger partial charge is 0.328 e. The van der Waals surface area contributed by atoms with Crippen LogP contribution >= 0.6 is 11.8 Å². The number of methoxy groups -OCH3 is 1. The zero-order valence-electron chi connectivity index (χ0n) is 15.9. The maximum atomic E-state index is 12.3. The molecule has 8 nitrogen and oxygen atoms in total. The van der Waals surface area contributed by atoms with Gasteiger partial charge in [-0.1, -0.05) is 55.9 Å². The van der Waals surface area contributed by atoms with Crippen LogP contribution < -0.4 is 10.6 Å². The van der Waals surface area contributed by atoms with Crippen molar-refractivity contribution < 1.29 is 23.9 Å². The number of thioether (sulfide) groups is 1. The second-order valence-electron chi connectivity index (χ2n) is 6.65. The van der Waals surface area contributed by atoms with Crippen molar-refractivity contribution in [3.63, 3.8) is 0 Å². The maximum Gasteiger partial charge on any atom is 0.328 e. The van der Waals surface area contributed by atoms with E-state index >= 15 is 0 Å². The fourth-order valence-corrected chi connectivity index (χ4v) is 3.37. The van der Waals surface area contributed by atoms with Crippen molar-refractivity contribution in [3.05, 3.63) is 35.9 Å². The van der Waals surface area contributed by atoms with Gasteiger partial charge in [0, 0.05) is 0 Å². The van der Waals surface area contributed by atoms with Crippen molar-refractivity contribution in [1.29, 1.82) is 0 Å². The molecule has 2 N–H and O–H groups in total. The summed E-state index contributed by atoms with van der Waals surface area (Å²) in [5.41, 5.74) is 0.560. The lowest BCUT2D eigenvalue weighted by atomic mass is 9.97. The Morgan fingerprint density at radius 1 is 1.25 bits per heavy atom. The largest absolute Gasteiger partial charge is 0.467 e. The number of benzene rings is 1.